The Morgan fingerprint density at radius 2 is 1.74 bits per heavy atom. The van der Waals surface area contributed by atoms with Crippen LogP contribution in [0.4, 0.5) is 5.69 Å². The highest BCUT2D eigenvalue weighted by Crippen LogP contribution is 2.30. The van der Waals surface area contributed by atoms with Gasteiger partial charge in [0.1, 0.15) is 0 Å². The summed E-state index contributed by atoms with van der Waals surface area (Å²) < 4.78 is 0. The van der Waals surface area contributed by atoms with E-state index >= 15 is 0 Å². The molecule has 2 amide bonds. The maximum Gasteiger partial charge on any atom is 0.244 e. The number of carbonyl (C=O) groups is 2. The van der Waals surface area contributed by atoms with E-state index in [-0.39, 0.29) is 29.3 Å². The lowest BCUT2D eigenvalue weighted by molar-refractivity contribution is -0.140. The molecule has 3 rings (SSSR count). The first kappa shape index (κ1) is 20.4. The molecule has 1 N–H and O–H groups in total. The molecule has 0 aliphatic carbocycles. The van der Waals surface area contributed by atoms with Gasteiger partial charge in [-0.15, -0.1) is 0 Å². The number of carbonyl (C=O) groups excluding carboxylic acids is 2. The first-order valence-corrected chi connectivity index (χ1v) is 10.2. The third-order valence-corrected chi connectivity index (χ3v) is 6.02. The van der Waals surface area contributed by atoms with Gasteiger partial charge in [-0.3, -0.25) is 9.59 Å². The van der Waals surface area contributed by atoms with E-state index in [1.807, 2.05) is 31.7 Å². The van der Waals surface area contributed by atoms with Crippen molar-refractivity contribution < 1.29 is 9.59 Å². The Balaban J connectivity index is 1.55. The number of halogens is 2. The van der Waals surface area contributed by atoms with Gasteiger partial charge < -0.3 is 15.1 Å². The number of rotatable bonds is 3. The number of hydrogen-bond donors (Lipinski definition) is 1. The Kier molecular flexibility index (Phi) is 6.04. The summed E-state index contributed by atoms with van der Waals surface area (Å²) in [5.41, 5.74) is 0.437. The number of amides is 2. The molecule has 0 bridgehead atoms. The summed E-state index contributed by atoms with van der Waals surface area (Å²) in [6, 6.07) is 5.35. The molecule has 2 saturated heterocycles. The number of likely N-dealkylation sites (tertiary alicyclic amines) is 1. The fraction of sp³-hybridized carbons (Fsp3) is 0.600. The molecule has 0 spiro atoms. The average Bonchev–Trinajstić information content (AvgIpc) is 2.97. The van der Waals surface area contributed by atoms with Crippen molar-refractivity contribution in [2.45, 2.75) is 52.1 Å². The monoisotopic (exact) mass is 411 g/mol. The summed E-state index contributed by atoms with van der Waals surface area (Å²) in [6.45, 7) is 8.00. The standard InChI is InChI=1S/C20H27Cl2N3O2/c1-20(2,3)19(27)24-9-6-13(7-10-24)23-17-8-11-25(18(17)26)14-4-5-15(21)16(22)12-14/h4-5,12-13,17,23H,6-11H2,1-3H3. The molecular formula is C20H27Cl2N3O2. The minimum absolute atomic E-state index is 0.0709. The van der Waals surface area contributed by atoms with Gasteiger partial charge in [0.15, 0.2) is 0 Å². The number of benzene rings is 1. The smallest absolute Gasteiger partial charge is 0.244 e. The zero-order chi connectivity index (χ0) is 19.8. The minimum atomic E-state index is -0.345. The molecule has 2 fully saturated rings. The largest absolute Gasteiger partial charge is 0.342 e. The third kappa shape index (κ3) is 4.58. The first-order valence-electron chi connectivity index (χ1n) is 9.48. The Morgan fingerprint density at radius 3 is 2.33 bits per heavy atom. The van der Waals surface area contributed by atoms with Crippen molar-refractivity contribution in [2.75, 3.05) is 24.5 Å². The lowest BCUT2D eigenvalue weighted by atomic mass is 9.93. The van der Waals surface area contributed by atoms with Crippen LogP contribution in [0.3, 0.4) is 0 Å². The number of hydrogen-bond acceptors (Lipinski definition) is 3. The van der Waals surface area contributed by atoms with Crippen LogP contribution in [0.5, 0.6) is 0 Å². The van der Waals surface area contributed by atoms with Gasteiger partial charge in [0, 0.05) is 36.8 Å². The number of nitrogens with zero attached hydrogens (tertiary/aromatic N) is 2. The highest BCUT2D eigenvalue weighted by atomic mass is 35.5. The van der Waals surface area contributed by atoms with E-state index in [4.69, 9.17) is 23.2 Å². The SMILES string of the molecule is CC(C)(C)C(=O)N1CCC(NC2CCN(c3ccc(Cl)c(Cl)c3)C2=O)CC1. The van der Waals surface area contributed by atoms with E-state index < -0.39 is 0 Å². The van der Waals surface area contributed by atoms with E-state index in [1.54, 1.807) is 17.0 Å². The summed E-state index contributed by atoms with van der Waals surface area (Å²) in [6.07, 6.45) is 2.51. The molecule has 5 nitrogen and oxygen atoms in total. The number of nitrogens with one attached hydrogen (secondary N) is 1. The predicted molar refractivity (Wildman–Crippen MR) is 109 cm³/mol. The number of piperidine rings is 1. The molecule has 2 heterocycles. The van der Waals surface area contributed by atoms with E-state index in [0.29, 0.717) is 16.6 Å². The molecule has 27 heavy (non-hydrogen) atoms. The Hall–Kier alpha value is -1.30. The Morgan fingerprint density at radius 1 is 1.07 bits per heavy atom. The third-order valence-electron chi connectivity index (χ3n) is 5.28. The van der Waals surface area contributed by atoms with Gasteiger partial charge in [-0.1, -0.05) is 44.0 Å². The van der Waals surface area contributed by atoms with Crippen molar-refractivity contribution in [3.05, 3.63) is 28.2 Å². The van der Waals surface area contributed by atoms with Crippen molar-refractivity contribution in [2.24, 2.45) is 5.41 Å². The maximum absolute atomic E-state index is 12.8. The lowest BCUT2D eigenvalue weighted by Crippen LogP contribution is -2.51. The van der Waals surface area contributed by atoms with Crippen LogP contribution in [0.15, 0.2) is 18.2 Å². The van der Waals surface area contributed by atoms with Crippen molar-refractivity contribution in [3.8, 4) is 0 Å². The minimum Gasteiger partial charge on any atom is -0.342 e. The van der Waals surface area contributed by atoms with Crippen LogP contribution in [-0.4, -0.2) is 48.4 Å². The second-order valence-electron chi connectivity index (χ2n) is 8.41. The van der Waals surface area contributed by atoms with Crippen molar-refractivity contribution in [1.29, 1.82) is 0 Å². The second kappa shape index (κ2) is 7.98. The molecule has 1 aromatic carbocycles. The topological polar surface area (TPSA) is 52.7 Å². The summed E-state index contributed by atoms with van der Waals surface area (Å²) >= 11 is 12.1. The summed E-state index contributed by atoms with van der Waals surface area (Å²) in [7, 11) is 0. The molecule has 2 aliphatic heterocycles. The van der Waals surface area contributed by atoms with Crippen LogP contribution in [-0.2, 0) is 9.59 Å². The average molecular weight is 412 g/mol. The van der Waals surface area contributed by atoms with Gasteiger partial charge >= 0.3 is 0 Å². The molecule has 2 aliphatic rings. The molecule has 0 radical (unpaired) electrons. The van der Waals surface area contributed by atoms with Crippen LogP contribution < -0.4 is 10.2 Å². The first-order chi connectivity index (χ1) is 12.7. The van der Waals surface area contributed by atoms with Crippen molar-refractivity contribution in [3.63, 3.8) is 0 Å². The second-order valence-corrected chi connectivity index (χ2v) is 9.23. The Bertz CT molecular complexity index is 724. The van der Waals surface area contributed by atoms with E-state index in [0.717, 1.165) is 38.0 Å². The molecule has 0 aromatic heterocycles. The molecule has 1 atom stereocenters. The highest BCUT2D eigenvalue weighted by molar-refractivity contribution is 6.42. The lowest BCUT2D eigenvalue weighted by Gasteiger charge is -2.36. The van der Waals surface area contributed by atoms with Crippen molar-refractivity contribution in [1.82, 2.24) is 10.2 Å². The van der Waals surface area contributed by atoms with E-state index in [9.17, 15) is 9.59 Å². The van der Waals surface area contributed by atoms with Gasteiger partial charge in [0.25, 0.3) is 0 Å². The van der Waals surface area contributed by atoms with Gasteiger partial charge in [0.05, 0.1) is 16.1 Å². The van der Waals surface area contributed by atoms with E-state index in [2.05, 4.69) is 5.32 Å². The van der Waals surface area contributed by atoms with Crippen LogP contribution in [0.25, 0.3) is 0 Å². The zero-order valence-electron chi connectivity index (χ0n) is 16.1. The van der Waals surface area contributed by atoms with Crippen LogP contribution >= 0.6 is 23.2 Å². The van der Waals surface area contributed by atoms with Crippen molar-refractivity contribution >= 4 is 40.7 Å². The van der Waals surface area contributed by atoms with Gasteiger partial charge in [-0.2, -0.15) is 0 Å². The fourth-order valence-electron chi connectivity index (χ4n) is 3.75. The van der Waals surface area contributed by atoms with Gasteiger partial charge in [-0.25, -0.2) is 0 Å². The molecule has 0 saturated carbocycles. The molecule has 1 aromatic rings. The normalized spacial score (nSPS) is 21.8. The fourth-order valence-corrected chi connectivity index (χ4v) is 4.04. The summed E-state index contributed by atoms with van der Waals surface area (Å²) in [5, 5.41) is 4.44. The maximum atomic E-state index is 12.8. The summed E-state index contributed by atoms with van der Waals surface area (Å²) in [4.78, 5) is 28.9. The van der Waals surface area contributed by atoms with E-state index in [1.165, 1.54) is 0 Å². The number of anilines is 1. The van der Waals surface area contributed by atoms with Gasteiger partial charge in [0.2, 0.25) is 11.8 Å². The molecule has 7 heteroatoms. The Labute approximate surface area is 171 Å². The molecule has 1 unspecified atom stereocenters. The van der Waals surface area contributed by atoms with Crippen LogP contribution in [0.2, 0.25) is 10.0 Å². The molecular weight excluding hydrogens is 385 g/mol. The highest BCUT2D eigenvalue weighted by Gasteiger charge is 2.36. The molecule has 148 valence electrons. The van der Waals surface area contributed by atoms with Gasteiger partial charge in [-0.05, 0) is 37.5 Å². The van der Waals surface area contributed by atoms with Crippen LogP contribution in [0, 0.1) is 5.41 Å². The van der Waals surface area contributed by atoms with Crippen LogP contribution in [0.1, 0.15) is 40.0 Å². The predicted octanol–water partition coefficient (Wildman–Crippen LogP) is 3.73. The summed E-state index contributed by atoms with van der Waals surface area (Å²) in [5.74, 6) is 0.269. The zero-order valence-corrected chi connectivity index (χ0v) is 17.6. The quantitative estimate of drug-likeness (QED) is 0.823.